The third-order valence-electron chi connectivity index (χ3n) is 11.6. The van der Waals surface area contributed by atoms with Gasteiger partial charge in [0, 0.05) is 6.61 Å². The summed E-state index contributed by atoms with van der Waals surface area (Å²) in [5, 5.41) is 0. The maximum atomic E-state index is 6.50. The molecule has 4 saturated carbocycles. The first-order valence-corrected chi connectivity index (χ1v) is 14.9. The van der Waals surface area contributed by atoms with Crippen molar-refractivity contribution >= 4 is 0 Å². The van der Waals surface area contributed by atoms with E-state index in [1.54, 1.807) is 5.57 Å². The van der Waals surface area contributed by atoms with Crippen molar-refractivity contribution < 1.29 is 9.47 Å². The molecule has 0 N–H and O–H groups in total. The van der Waals surface area contributed by atoms with Crippen molar-refractivity contribution in [3.8, 4) is 0 Å². The van der Waals surface area contributed by atoms with Crippen molar-refractivity contribution in [2.24, 2.45) is 40.4 Å². The van der Waals surface area contributed by atoms with Crippen LogP contribution >= 0.6 is 0 Å². The van der Waals surface area contributed by atoms with Crippen molar-refractivity contribution in [3.05, 3.63) is 23.8 Å². The largest absolute Gasteiger partial charge is 0.353 e. The first-order chi connectivity index (χ1) is 16.3. The number of fused-ring (bicyclic) bond motifs is 5. The second-order valence-corrected chi connectivity index (χ2v) is 13.6. The van der Waals surface area contributed by atoms with Gasteiger partial charge in [0.2, 0.25) is 0 Å². The van der Waals surface area contributed by atoms with Gasteiger partial charge in [-0.25, -0.2) is 0 Å². The molecule has 5 fully saturated rings. The van der Waals surface area contributed by atoms with Gasteiger partial charge in [-0.1, -0.05) is 37.6 Å². The molecule has 4 unspecified atom stereocenters. The summed E-state index contributed by atoms with van der Waals surface area (Å²) >= 11 is 0. The van der Waals surface area contributed by atoms with E-state index < -0.39 is 0 Å². The van der Waals surface area contributed by atoms with Crippen LogP contribution < -0.4 is 0 Å². The molecule has 0 bridgehead atoms. The molecule has 0 aromatic rings. The van der Waals surface area contributed by atoms with Crippen LogP contribution in [0.2, 0.25) is 0 Å². The van der Waals surface area contributed by atoms with Gasteiger partial charge in [0.05, 0.1) is 6.10 Å². The maximum Gasteiger partial charge on any atom is 0.157 e. The van der Waals surface area contributed by atoms with Crippen LogP contribution in [0, 0.1) is 40.4 Å². The van der Waals surface area contributed by atoms with Crippen LogP contribution in [0.5, 0.6) is 0 Å². The fourth-order valence-corrected chi connectivity index (χ4v) is 9.77. The Morgan fingerprint density at radius 1 is 0.941 bits per heavy atom. The van der Waals surface area contributed by atoms with E-state index in [-0.39, 0.29) is 6.29 Å². The summed E-state index contributed by atoms with van der Waals surface area (Å²) in [4.78, 5) is 0. The second kappa shape index (κ2) is 10.0. The van der Waals surface area contributed by atoms with Gasteiger partial charge in [0.15, 0.2) is 6.29 Å². The SMILES string of the molecule is C=C(CCC=C(C)C)[C@H]1CCC2C3CC[C@H]4C[C@@H](OC5CCCCO5)CC[C@]4(C)C3CC[C@@]21C. The standard InChI is InChI=1S/C32H52O2/c1-22(2)9-8-10-23(3)27-14-15-28-26-13-12-24-21-25(34-30-11-6-7-20-33-30)16-18-31(24,4)29(26)17-19-32(27,28)5/h9,24-30H,3,6-8,10-21H2,1-2,4-5H3/t24-,25-,26?,27+,28?,29?,30?,31-,32+/m0/s1. The third kappa shape index (κ3) is 4.60. The van der Waals surface area contributed by atoms with E-state index in [2.05, 4.69) is 40.3 Å². The summed E-state index contributed by atoms with van der Waals surface area (Å²) in [5.74, 6) is 4.44. The molecule has 2 nitrogen and oxygen atoms in total. The lowest BCUT2D eigenvalue weighted by Crippen LogP contribution is -2.54. The van der Waals surface area contributed by atoms with Crippen LogP contribution in [0.1, 0.15) is 118 Å². The van der Waals surface area contributed by atoms with Gasteiger partial charge in [-0.05, 0) is 144 Å². The summed E-state index contributed by atoms with van der Waals surface area (Å²) in [5.41, 5.74) is 4.05. The molecule has 4 aliphatic carbocycles. The number of hydrogen-bond acceptors (Lipinski definition) is 2. The van der Waals surface area contributed by atoms with Crippen LogP contribution in [-0.2, 0) is 9.47 Å². The molecular formula is C32H52O2. The summed E-state index contributed by atoms with van der Waals surface area (Å²) in [6.07, 6.45) is 21.4. The lowest BCUT2D eigenvalue weighted by Gasteiger charge is -2.61. The zero-order valence-electron chi connectivity index (χ0n) is 22.7. The molecule has 0 spiro atoms. The van der Waals surface area contributed by atoms with E-state index in [0.29, 0.717) is 16.9 Å². The Morgan fingerprint density at radius 2 is 1.74 bits per heavy atom. The highest BCUT2D eigenvalue weighted by atomic mass is 16.7. The zero-order chi connectivity index (χ0) is 23.9. The van der Waals surface area contributed by atoms with Gasteiger partial charge < -0.3 is 9.47 Å². The predicted molar refractivity (Wildman–Crippen MR) is 141 cm³/mol. The van der Waals surface area contributed by atoms with E-state index in [1.807, 2.05) is 0 Å². The Labute approximate surface area is 210 Å². The minimum Gasteiger partial charge on any atom is -0.353 e. The van der Waals surface area contributed by atoms with Gasteiger partial charge in [0.1, 0.15) is 0 Å². The van der Waals surface area contributed by atoms with Gasteiger partial charge >= 0.3 is 0 Å². The van der Waals surface area contributed by atoms with Crippen molar-refractivity contribution in [2.75, 3.05) is 6.61 Å². The lowest BCUT2D eigenvalue weighted by atomic mass is 9.44. The van der Waals surface area contributed by atoms with E-state index in [1.165, 1.54) is 89.0 Å². The minimum absolute atomic E-state index is 0.0788. The van der Waals surface area contributed by atoms with Crippen molar-refractivity contribution in [1.29, 1.82) is 0 Å². The van der Waals surface area contributed by atoms with Crippen LogP contribution in [-0.4, -0.2) is 19.0 Å². The van der Waals surface area contributed by atoms with Gasteiger partial charge in [-0.15, -0.1) is 0 Å². The van der Waals surface area contributed by atoms with Crippen molar-refractivity contribution in [1.82, 2.24) is 0 Å². The molecule has 9 atom stereocenters. The first kappa shape index (κ1) is 25.1. The fourth-order valence-electron chi connectivity index (χ4n) is 9.77. The molecule has 0 aromatic heterocycles. The minimum atomic E-state index is 0.0788. The van der Waals surface area contributed by atoms with E-state index in [0.717, 1.165) is 42.6 Å². The summed E-state index contributed by atoms with van der Waals surface area (Å²) < 4.78 is 12.4. The first-order valence-electron chi connectivity index (χ1n) is 14.9. The zero-order valence-corrected chi connectivity index (χ0v) is 22.7. The number of ether oxygens (including phenoxy) is 2. The van der Waals surface area contributed by atoms with Gasteiger partial charge in [0.25, 0.3) is 0 Å². The second-order valence-electron chi connectivity index (χ2n) is 13.6. The molecule has 5 aliphatic rings. The molecule has 1 aliphatic heterocycles. The average molecular weight is 469 g/mol. The monoisotopic (exact) mass is 468 g/mol. The van der Waals surface area contributed by atoms with E-state index >= 15 is 0 Å². The highest BCUT2D eigenvalue weighted by Crippen LogP contribution is 2.68. The van der Waals surface area contributed by atoms with Gasteiger partial charge in [-0.2, -0.15) is 0 Å². The third-order valence-corrected chi connectivity index (χ3v) is 11.6. The Morgan fingerprint density at radius 3 is 2.50 bits per heavy atom. The molecule has 0 amide bonds. The smallest absolute Gasteiger partial charge is 0.157 e. The Balaban J connectivity index is 1.23. The Kier molecular flexibility index (Phi) is 7.40. The molecular weight excluding hydrogens is 416 g/mol. The summed E-state index contributed by atoms with van der Waals surface area (Å²) in [6.45, 7) is 15.3. The molecule has 192 valence electrons. The quantitative estimate of drug-likeness (QED) is 0.286. The Bertz CT molecular complexity index is 759. The van der Waals surface area contributed by atoms with Crippen LogP contribution in [0.4, 0.5) is 0 Å². The molecule has 2 heteroatoms. The molecule has 1 saturated heterocycles. The number of rotatable bonds is 6. The molecule has 1 heterocycles. The fraction of sp³-hybridized carbons (Fsp3) is 0.875. The van der Waals surface area contributed by atoms with Crippen LogP contribution in [0.15, 0.2) is 23.8 Å². The highest BCUT2D eigenvalue weighted by Gasteiger charge is 2.60. The number of hydrogen-bond donors (Lipinski definition) is 0. The average Bonchev–Trinajstić information content (AvgIpc) is 3.17. The summed E-state index contributed by atoms with van der Waals surface area (Å²) in [7, 11) is 0. The predicted octanol–water partition coefficient (Wildman–Crippen LogP) is 8.86. The molecule has 5 rings (SSSR count). The number of allylic oxidation sites excluding steroid dienone is 3. The molecule has 0 aromatic carbocycles. The van der Waals surface area contributed by atoms with Gasteiger partial charge in [-0.3, -0.25) is 0 Å². The van der Waals surface area contributed by atoms with Crippen molar-refractivity contribution in [2.45, 2.75) is 130 Å². The lowest BCUT2D eigenvalue weighted by molar-refractivity contribution is -0.212. The van der Waals surface area contributed by atoms with E-state index in [4.69, 9.17) is 9.47 Å². The molecule has 0 radical (unpaired) electrons. The van der Waals surface area contributed by atoms with E-state index in [9.17, 15) is 0 Å². The Hall–Kier alpha value is -0.600. The van der Waals surface area contributed by atoms with Crippen molar-refractivity contribution in [3.63, 3.8) is 0 Å². The van der Waals surface area contributed by atoms with Crippen LogP contribution in [0.3, 0.4) is 0 Å². The molecule has 34 heavy (non-hydrogen) atoms. The van der Waals surface area contributed by atoms with Crippen LogP contribution in [0.25, 0.3) is 0 Å². The topological polar surface area (TPSA) is 18.5 Å². The normalized spacial score (nSPS) is 46.2. The maximum absolute atomic E-state index is 6.50. The highest BCUT2D eigenvalue weighted by molar-refractivity contribution is 5.17. The summed E-state index contributed by atoms with van der Waals surface area (Å²) in [6, 6.07) is 0.